The Kier molecular flexibility index (Phi) is 5.99. The van der Waals surface area contributed by atoms with Gasteiger partial charge in [-0.25, -0.2) is 9.36 Å². The number of aromatic nitrogens is 6. The molecule has 1 aromatic carbocycles. The molecule has 1 amide bonds. The summed E-state index contributed by atoms with van der Waals surface area (Å²) in [6.07, 6.45) is 5.73. The molecule has 10 nitrogen and oxygen atoms in total. The Hall–Kier alpha value is -3.27. The standard InChI is InChI=1S/C20H22ClN7O3/c1-26-17(10-22-24-26)28-12-16(23-25-28)14-5-2-6-15(19(14)21)20(31)27-9-3-4-13(11-27)7-8-18(29)30/h2,5-6,10,12-13H,3-4,7-9,11H2,1H3,(H,29,30). The van der Waals surface area contributed by atoms with Crippen molar-refractivity contribution in [1.82, 2.24) is 34.9 Å². The van der Waals surface area contributed by atoms with Crippen molar-refractivity contribution in [3.8, 4) is 17.1 Å². The zero-order chi connectivity index (χ0) is 22.0. The molecular weight excluding hydrogens is 422 g/mol. The second-order valence-corrected chi connectivity index (χ2v) is 8.00. The number of piperidine rings is 1. The van der Waals surface area contributed by atoms with E-state index in [2.05, 4.69) is 20.6 Å². The Balaban J connectivity index is 1.55. The van der Waals surface area contributed by atoms with E-state index >= 15 is 0 Å². The van der Waals surface area contributed by atoms with Gasteiger partial charge in [-0.05, 0) is 31.2 Å². The molecule has 1 saturated heterocycles. The molecule has 1 N–H and O–H groups in total. The number of benzene rings is 1. The zero-order valence-corrected chi connectivity index (χ0v) is 17.7. The van der Waals surface area contributed by atoms with Crippen molar-refractivity contribution in [3.63, 3.8) is 0 Å². The van der Waals surface area contributed by atoms with Gasteiger partial charge in [-0.15, -0.1) is 10.2 Å². The van der Waals surface area contributed by atoms with Gasteiger partial charge < -0.3 is 10.0 Å². The van der Waals surface area contributed by atoms with E-state index in [0.29, 0.717) is 47.2 Å². The van der Waals surface area contributed by atoms with Crippen molar-refractivity contribution in [3.05, 3.63) is 41.2 Å². The molecule has 11 heteroatoms. The quantitative estimate of drug-likeness (QED) is 0.621. The maximum absolute atomic E-state index is 13.2. The molecule has 2 aromatic heterocycles. The van der Waals surface area contributed by atoms with Crippen LogP contribution >= 0.6 is 11.6 Å². The first kappa shape index (κ1) is 21.0. The Labute approximate surface area is 183 Å². The van der Waals surface area contributed by atoms with E-state index in [1.165, 1.54) is 4.68 Å². The fraction of sp³-hybridized carbons (Fsp3) is 0.400. The maximum Gasteiger partial charge on any atom is 0.303 e. The lowest BCUT2D eigenvalue weighted by Gasteiger charge is -2.33. The average Bonchev–Trinajstić information content (AvgIpc) is 3.41. The summed E-state index contributed by atoms with van der Waals surface area (Å²) < 4.78 is 3.11. The van der Waals surface area contributed by atoms with E-state index in [1.54, 1.807) is 47.2 Å². The van der Waals surface area contributed by atoms with Crippen molar-refractivity contribution >= 4 is 23.5 Å². The number of aryl methyl sites for hydroxylation is 1. The smallest absolute Gasteiger partial charge is 0.303 e. The summed E-state index contributed by atoms with van der Waals surface area (Å²) in [4.78, 5) is 25.8. The molecule has 3 aromatic rings. The van der Waals surface area contributed by atoms with Crippen LogP contribution in [0.4, 0.5) is 0 Å². The molecule has 31 heavy (non-hydrogen) atoms. The van der Waals surface area contributed by atoms with Gasteiger partial charge in [-0.1, -0.05) is 34.2 Å². The number of hydrogen-bond donors (Lipinski definition) is 1. The van der Waals surface area contributed by atoms with E-state index in [4.69, 9.17) is 16.7 Å². The Morgan fingerprint density at radius 2 is 2.13 bits per heavy atom. The molecule has 1 aliphatic rings. The van der Waals surface area contributed by atoms with Crippen LogP contribution in [0.1, 0.15) is 36.0 Å². The van der Waals surface area contributed by atoms with Gasteiger partial charge in [0.05, 0.1) is 23.0 Å². The number of carbonyl (C=O) groups is 2. The highest BCUT2D eigenvalue weighted by atomic mass is 35.5. The van der Waals surface area contributed by atoms with Gasteiger partial charge in [-0.3, -0.25) is 9.59 Å². The first-order valence-electron chi connectivity index (χ1n) is 10.0. The summed E-state index contributed by atoms with van der Waals surface area (Å²) >= 11 is 6.63. The normalized spacial score (nSPS) is 16.5. The zero-order valence-electron chi connectivity index (χ0n) is 17.0. The van der Waals surface area contributed by atoms with Crippen LogP contribution in [-0.2, 0) is 11.8 Å². The number of nitrogens with zero attached hydrogens (tertiary/aromatic N) is 7. The fourth-order valence-corrected chi connectivity index (χ4v) is 4.17. The van der Waals surface area contributed by atoms with Crippen LogP contribution in [0, 0.1) is 5.92 Å². The van der Waals surface area contributed by atoms with E-state index < -0.39 is 5.97 Å². The first-order chi connectivity index (χ1) is 14.9. The number of carboxylic acids is 1. The molecule has 1 atom stereocenters. The molecule has 0 saturated carbocycles. The number of aliphatic carboxylic acids is 1. The van der Waals surface area contributed by atoms with Crippen LogP contribution in [-0.4, -0.2) is 65.0 Å². The SMILES string of the molecule is Cn1nncc1-n1cc(-c2cccc(C(=O)N3CCCC(CCC(=O)O)C3)c2Cl)nn1. The predicted octanol–water partition coefficient (Wildman–Crippen LogP) is 2.43. The van der Waals surface area contributed by atoms with Crippen molar-refractivity contribution in [2.75, 3.05) is 13.1 Å². The lowest BCUT2D eigenvalue weighted by Crippen LogP contribution is -2.40. The van der Waals surface area contributed by atoms with Crippen LogP contribution in [0.2, 0.25) is 5.02 Å². The Morgan fingerprint density at radius 1 is 1.29 bits per heavy atom. The lowest BCUT2D eigenvalue weighted by molar-refractivity contribution is -0.137. The minimum absolute atomic E-state index is 0.116. The minimum Gasteiger partial charge on any atom is -0.481 e. The Morgan fingerprint density at radius 3 is 2.87 bits per heavy atom. The van der Waals surface area contributed by atoms with Gasteiger partial charge in [0.15, 0.2) is 5.82 Å². The van der Waals surface area contributed by atoms with E-state index in [0.717, 1.165) is 12.8 Å². The molecule has 0 bridgehead atoms. The lowest BCUT2D eigenvalue weighted by atomic mass is 9.93. The van der Waals surface area contributed by atoms with Gasteiger partial charge in [0.1, 0.15) is 5.69 Å². The van der Waals surface area contributed by atoms with Gasteiger partial charge in [0.2, 0.25) is 0 Å². The highest BCUT2D eigenvalue weighted by molar-refractivity contribution is 6.36. The monoisotopic (exact) mass is 443 g/mol. The number of amides is 1. The van der Waals surface area contributed by atoms with Gasteiger partial charge in [0.25, 0.3) is 5.91 Å². The molecule has 0 spiro atoms. The third-order valence-corrected chi connectivity index (χ3v) is 5.90. The summed E-state index contributed by atoms with van der Waals surface area (Å²) in [5, 5.41) is 25.3. The van der Waals surface area contributed by atoms with E-state index in [1.807, 2.05) is 0 Å². The Bertz CT molecular complexity index is 1110. The highest BCUT2D eigenvalue weighted by Gasteiger charge is 2.27. The van der Waals surface area contributed by atoms with E-state index in [9.17, 15) is 9.59 Å². The molecule has 0 radical (unpaired) electrons. The number of likely N-dealkylation sites (tertiary alicyclic amines) is 1. The van der Waals surface area contributed by atoms with Crippen molar-refractivity contribution in [2.24, 2.45) is 13.0 Å². The second-order valence-electron chi connectivity index (χ2n) is 7.62. The third kappa shape index (κ3) is 4.43. The third-order valence-electron chi connectivity index (χ3n) is 5.50. The summed E-state index contributed by atoms with van der Waals surface area (Å²) in [6.45, 7) is 1.17. The van der Waals surface area contributed by atoms with Gasteiger partial charge in [0, 0.05) is 32.1 Å². The molecule has 4 rings (SSSR count). The number of hydrogen-bond acceptors (Lipinski definition) is 6. The molecule has 1 aliphatic heterocycles. The molecule has 162 valence electrons. The first-order valence-corrected chi connectivity index (χ1v) is 10.4. The van der Waals surface area contributed by atoms with Crippen molar-refractivity contribution in [2.45, 2.75) is 25.7 Å². The molecule has 1 fully saturated rings. The van der Waals surface area contributed by atoms with E-state index in [-0.39, 0.29) is 18.2 Å². The summed E-state index contributed by atoms with van der Waals surface area (Å²) in [5.74, 6) is -0.143. The van der Waals surface area contributed by atoms with Gasteiger partial charge >= 0.3 is 5.97 Å². The largest absolute Gasteiger partial charge is 0.481 e. The summed E-state index contributed by atoms with van der Waals surface area (Å²) in [6, 6.07) is 5.26. The van der Waals surface area contributed by atoms with Crippen molar-refractivity contribution < 1.29 is 14.7 Å². The molecular formula is C20H22ClN7O3. The summed E-state index contributed by atoms with van der Waals surface area (Å²) in [5.41, 5.74) is 1.53. The predicted molar refractivity (Wildman–Crippen MR) is 112 cm³/mol. The molecule has 3 heterocycles. The van der Waals surface area contributed by atoms with Crippen LogP contribution in [0.15, 0.2) is 30.6 Å². The van der Waals surface area contributed by atoms with Crippen LogP contribution < -0.4 is 0 Å². The number of carbonyl (C=O) groups excluding carboxylic acids is 1. The number of rotatable bonds is 6. The molecule has 1 unspecified atom stereocenters. The molecule has 0 aliphatic carbocycles. The van der Waals surface area contributed by atoms with Crippen LogP contribution in [0.5, 0.6) is 0 Å². The number of carboxylic acid groups (broad SMARTS) is 1. The summed E-state index contributed by atoms with van der Waals surface area (Å²) in [7, 11) is 1.75. The maximum atomic E-state index is 13.2. The average molecular weight is 444 g/mol. The fourth-order valence-electron chi connectivity index (χ4n) is 3.87. The second kappa shape index (κ2) is 8.84. The van der Waals surface area contributed by atoms with Crippen LogP contribution in [0.3, 0.4) is 0 Å². The minimum atomic E-state index is -0.811. The number of halogens is 1. The van der Waals surface area contributed by atoms with Crippen molar-refractivity contribution in [1.29, 1.82) is 0 Å². The van der Waals surface area contributed by atoms with Crippen LogP contribution in [0.25, 0.3) is 17.1 Å². The highest BCUT2D eigenvalue weighted by Crippen LogP contribution is 2.31. The van der Waals surface area contributed by atoms with Gasteiger partial charge in [-0.2, -0.15) is 0 Å². The topological polar surface area (TPSA) is 119 Å².